The summed E-state index contributed by atoms with van der Waals surface area (Å²) in [5.74, 6) is 0. The molecule has 0 spiro atoms. The number of hydrogen-bond donors (Lipinski definition) is 1. The molecular weight excluding hydrogens is 190 g/mol. The minimum Gasteiger partial charge on any atom is -0.375 e. The van der Waals surface area contributed by atoms with Crippen molar-refractivity contribution in [3.8, 4) is 12.5 Å². The van der Waals surface area contributed by atoms with Crippen LogP contribution in [0.1, 0.15) is 5.69 Å². The molecule has 0 aliphatic rings. The number of aromatic nitrogens is 1. The fourth-order valence-electron chi connectivity index (χ4n) is 0.586. The zero-order valence-corrected chi connectivity index (χ0v) is 7.17. The number of nitrogens with two attached hydrogens (primary N) is 1. The van der Waals surface area contributed by atoms with Gasteiger partial charge in [0.15, 0.2) is 10.8 Å². The van der Waals surface area contributed by atoms with Crippen LogP contribution in [0.2, 0.25) is 0 Å². The van der Waals surface area contributed by atoms with E-state index >= 15 is 0 Å². The van der Waals surface area contributed by atoms with Gasteiger partial charge in [-0.3, -0.25) is 4.79 Å². The minimum absolute atomic E-state index is 0.106. The quantitative estimate of drug-likeness (QED) is 0.422. The number of thiazole rings is 1. The molecule has 0 aromatic carbocycles. The zero-order chi connectivity index (χ0) is 9.68. The van der Waals surface area contributed by atoms with Crippen LogP contribution in [0.15, 0.2) is 10.5 Å². The van der Waals surface area contributed by atoms with Crippen molar-refractivity contribution < 1.29 is 9.63 Å². The first-order chi connectivity index (χ1) is 6.27. The van der Waals surface area contributed by atoms with E-state index in [1.807, 2.05) is 0 Å². The molecule has 1 radical (unpaired) electrons. The zero-order valence-electron chi connectivity index (χ0n) is 6.35. The number of hydrogen-bond acceptors (Lipinski definition) is 6. The van der Waals surface area contributed by atoms with Crippen LogP contribution < -0.4 is 5.73 Å². The van der Waals surface area contributed by atoms with Gasteiger partial charge in [0.2, 0.25) is 0 Å². The number of rotatable bonds is 3. The summed E-state index contributed by atoms with van der Waals surface area (Å²) in [5.41, 5.74) is 5.53. The average molecular weight is 194 g/mol. The molecule has 0 fully saturated rings. The summed E-state index contributed by atoms with van der Waals surface area (Å²) >= 11 is 1.18. The van der Waals surface area contributed by atoms with E-state index in [9.17, 15) is 4.79 Å². The van der Waals surface area contributed by atoms with Crippen LogP contribution in [-0.2, 0) is 9.63 Å². The Kier molecular flexibility index (Phi) is 3.00. The van der Waals surface area contributed by atoms with Crippen LogP contribution in [0.3, 0.4) is 0 Å². The molecule has 1 aromatic rings. The second-order valence-corrected chi connectivity index (χ2v) is 2.71. The highest BCUT2D eigenvalue weighted by Crippen LogP contribution is 2.11. The topological polar surface area (TPSA) is 77.6 Å². The molecule has 0 unspecified atom stereocenters. The Balaban J connectivity index is 2.91. The summed E-state index contributed by atoms with van der Waals surface area (Å²) in [6.07, 6.45) is 8.08. The molecule has 0 atom stereocenters. The van der Waals surface area contributed by atoms with E-state index in [1.165, 1.54) is 17.6 Å². The molecule has 0 saturated heterocycles. The van der Waals surface area contributed by atoms with E-state index in [1.54, 1.807) is 11.5 Å². The van der Waals surface area contributed by atoms with E-state index in [4.69, 9.17) is 12.2 Å². The SMILES string of the molecule is C#CO/N=C(\[C]=O)c1csc(N)n1. The number of oxime groups is 1. The van der Waals surface area contributed by atoms with Gasteiger partial charge in [-0.2, -0.15) is 0 Å². The van der Waals surface area contributed by atoms with Crippen molar-refractivity contribution in [3.05, 3.63) is 11.1 Å². The molecule has 6 heteroatoms. The van der Waals surface area contributed by atoms with Crippen molar-refractivity contribution in [2.45, 2.75) is 0 Å². The standard InChI is InChI=1S/C7H4N3O2S/c1-2-12-10-5(3-11)6-4-13-7(8)9-6/h1,4H,(H2,8,9)/b10-5+. The number of terminal acetylenes is 1. The summed E-state index contributed by atoms with van der Waals surface area (Å²) in [6, 6.07) is 0. The van der Waals surface area contributed by atoms with Gasteiger partial charge in [-0.15, -0.1) is 11.3 Å². The lowest BCUT2D eigenvalue weighted by Gasteiger charge is -1.88. The average Bonchev–Trinajstić information content (AvgIpc) is 2.54. The molecule has 0 amide bonds. The Morgan fingerprint density at radius 1 is 1.85 bits per heavy atom. The Bertz CT molecular complexity index is 377. The second kappa shape index (κ2) is 4.23. The lowest BCUT2D eigenvalue weighted by Crippen LogP contribution is -2.03. The Hall–Kier alpha value is -1.87. The molecule has 2 N–H and O–H groups in total. The predicted octanol–water partition coefficient (Wildman–Crippen LogP) is 0.146. The summed E-state index contributed by atoms with van der Waals surface area (Å²) in [7, 11) is 0. The van der Waals surface area contributed by atoms with E-state index < -0.39 is 0 Å². The lowest BCUT2D eigenvalue weighted by atomic mass is 10.3. The maximum Gasteiger partial charge on any atom is 0.259 e. The molecule has 0 aliphatic heterocycles. The van der Waals surface area contributed by atoms with Gasteiger partial charge in [0.1, 0.15) is 11.8 Å². The van der Waals surface area contributed by atoms with Gasteiger partial charge in [-0.25, -0.2) is 4.98 Å². The van der Waals surface area contributed by atoms with Gasteiger partial charge in [-0.1, -0.05) is 11.6 Å². The summed E-state index contributed by atoms with van der Waals surface area (Å²) in [4.78, 5) is 18.4. The van der Waals surface area contributed by atoms with Gasteiger partial charge >= 0.3 is 0 Å². The van der Waals surface area contributed by atoms with Crippen LogP contribution in [0.25, 0.3) is 0 Å². The third kappa shape index (κ3) is 2.28. The molecule has 1 aromatic heterocycles. The maximum absolute atomic E-state index is 10.3. The first kappa shape index (κ1) is 9.22. The van der Waals surface area contributed by atoms with Crippen LogP contribution in [0, 0.1) is 12.5 Å². The van der Waals surface area contributed by atoms with E-state index in [0.717, 1.165) is 0 Å². The summed E-state index contributed by atoms with van der Waals surface area (Å²) in [6.45, 7) is 0. The van der Waals surface area contributed by atoms with Crippen LogP contribution in [0.5, 0.6) is 0 Å². The van der Waals surface area contributed by atoms with Gasteiger partial charge in [0.05, 0.1) is 0 Å². The first-order valence-electron chi connectivity index (χ1n) is 3.07. The largest absolute Gasteiger partial charge is 0.375 e. The Morgan fingerprint density at radius 2 is 2.62 bits per heavy atom. The summed E-state index contributed by atoms with van der Waals surface area (Å²) in [5, 5.41) is 5.18. The molecule has 0 saturated carbocycles. The lowest BCUT2D eigenvalue weighted by molar-refractivity contribution is 0.300. The van der Waals surface area contributed by atoms with Gasteiger partial charge < -0.3 is 10.6 Å². The Labute approximate surface area is 78.2 Å². The van der Waals surface area contributed by atoms with Crippen molar-refractivity contribution in [2.24, 2.45) is 5.16 Å². The highest BCUT2D eigenvalue weighted by atomic mass is 32.1. The summed E-state index contributed by atoms with van der Waals surface area (Å²) < 4.78 is 0. The molecular formula is C7H4N3O2S. The number of nitrogens with zero attached hydrogens (tertiary/aromatic N) is 2. The smallest absolute Gasteiger partial charge is 0.259 e. The number of anilines is 1. The molecule has 0 aliphatic carbocycles. The first-order valence-corrected chi connectivity index (χ1v) is 3.95. The minimum atomic E-state index is -0.106. The van der Waals surface area contributed by atoms with E-state index in [-0.39, 0.29) is 5.71 Å². The molecule has 65 valence electrons. The molecule has 0 bridgehead atoms. The van der Waals surface area contributed by atoms with Crippen LogP contribution in [-0.4, -0.2) is 17.0 Å². The van der Waals surface area contributed by atoms with Crippen molar-refractivity contribution in [1.82, 2.24) is 4.98 Å². The normalized spacial score (nSPS) is 10.5. The second-order valence-electron chi connectivity index (χ2n) is 1.82. The van der Waals surface area contributed by atoms with E-state index in [0.29, 0.717) is 10.8 Å². The van der Waals surface area contributed by atoms with Crippen molar-refractivity contribution >= 4 is 28.5 Å². The van der Waals surface area contributed by atoms with Crippen molar-refractivity contribution in [3.63, 3.8) is 0 Å². The van der Waals surface area contributed by atoms with Gasteiger partial charge in [-0.05, 0) is 0 Å². The number of nitrogen functional groups attached to an aromatic ring is 1. The van der Waals surface area contributed by atoms with Crippen molar-refractivity contribution in [2.75, 3.05) is 5.73 Å². The van der Waals surface area contributed by atoms with Gasteiger partial charge in [0.25, 0.3) is 6.29 Å². The Morgan fingerprint density at radius 3 is 3.08 bits per heavy atom. The predicted molar refractivity (Wildman–Crippen MR) is 48.7 cm³/mol. The fourth-order valence-corrected chi connectivity index (χ4v) is 1.13. The molecule has 5 nitrogen and oxygen atoms in total. The highest BCUT2D eigenvalue weighted by molar-refractivity contribution is 7.13. The highest BCUT2D eigenvalue weighted by Gasteiger charge is 2.08. The van der Waals surface area contributed by atoms with Crippen molar-refractivity contribution in [1.29, 1.82) is 0 Å². The van der Waals surface area contributed by atoms with Crippen LogP contribution >= 0.6 is 11.3 Å². The molecule has 13 heavy (non-hydrogen) atoms. The monoisotopic (exact) mass is 194 g/mol. The maximum atomic E-state index is 10.3. The third-order valence-electron chi connectivity index (χ3n) is 1.05. The van der Waals surface area contributed by atoms with Gasteiger partial charge in [0, 0.05) is 5.38 Å². The molecule has 1 heterocycles. The number of carbonyl (C=O) groups excluding carboxylic acids is 1. The van der Waals surface area contributed by atoms with E-state index in [2.05, 4.69) is 15.0 Å². The molecule has 1 rings (SSSR count). The van der Waals surface area contributed by atoms with Crippen LogP contribution in [0.4, 0.5) is 5.13 Å². The third-order valence-corrected chi connectivity index (χ3v) is 1.72. The fraction of sp³-hybridized carbons (Fsp3) is 0.